The van der Waals surface area contributed by atoms with Crippen LogP contribution in [0.5, 0.6) is 5.75 Å². The fourth-order valence-corrected chi connectivity index (χ4v) is 4.44. The van der Waals surface area contributed by atoms with Gasteiger partial charge in [0.05, 0.1) is 18.5 Å². The summed E-state index contributed by atoms with van der Waals surface area (Å²) in [5.41, 5.74) is 5.21. The van der Waals surface area contributed by atoms with E-state index in [9.17, 15) is 4.79 Å². The van der Waals surface area contributed by atoms with Crippen molar-refractivity contribution < 1.29 is 9.53 Å². The molecule has 0 bridgehead atoms. The van der Waals surface area contributed by atoms with Gasteiger partial charge in [0.1, 0.15) is 11.8 Å². The zero-order valence-corrected chi connectivity index (χ0v) is 19.1. The second-order valence-corrected chi connectivity index (χ2v) is 8.61. The van der Waals surface area contributed by atoms with Gasteiger partial charge >= 0.3 is 0 Å². The van der Waals surface area contributed by atoms with E-state index in [0.29, 0.717) is 6.54 Å². The molecule has 1 unspecified atom stereocenters. The highest BCUT2D eigenvalue weighted by Crippen LogP contribution is 2.39. The molecule has 1 atom stereocenters. The van der Waals surface area contributed by atoms with Crippen LogP contribution >= 0.6 is 11.9 Å². The maximum Gasteiger partial charge on any atom is 0.249 e. The number of nitrogens with one attached hydrogen (secondary N) is 1. The molecular formula is C25H27N3O2S. The van der Waals surface area contributed by atoms with Crippen LogP contribution in [0.25, 0.3) is 0 Å². The van der Waals surface area contributed by atoms with Gasteiger partial charge in [0, 0.05) is 29.7 Å². The molecular weight excluding hydrogens is 406 g/mol. The monoisotopic (exact) mass is 433 g/mol. The number of ether oxygens (including phenoxy) is 1. The van der Waals surface area contributed by atoms with E-state index in [4.69, 9.17) is 4.74 Å². The van der Waals surface area contributed by atoms with E-state index < -0.39 is 0 Å². The maximum atomic E-state index is 12.9. The molecule has 0 saturated carbocycles. The van der Waals surface area contributed by atoms with Crippen LogP contribution in [-0.2, 0) is 11.3 Å². The lowest BCUT2D eigenvalue weighted by molar-refractivity contribution is -0.119. The number of carbonyl (C=O) groups is 1. The molecule has 160 valence electrons. The standard InChI is InChI=1S/C25H27N3O2S/c1-17-9-12-21(13-10-17)31-26-20-11-14-22-23(15-20)28(18(2)25(29)27(22)3)16-19-7-5-6-8-24(19)30-4/h5-15,18,26H,16H2,1-4H3. The Morgan fingerprint density at radius 1 is 1.03 bits per heavy atom. The normalized spacial score (nSPS) is 15.6. The highest BCUT2D eigenvalue weighted by molar-refractivity contribution is 8.00. The number of fused-ring (bicyclic) bond motifs is 1. The summed E-state index contributed by atoms with van der Waals surface area (Å²) in [6.45, 7) is 4.63. The Hall–Kier alpha value is -3.12. The molecule has 1 amide bonds. The number of hydrogen-bond donors (Lipinski definition) is 1. The van der Waals surface area contributed by atoms with Crippen molar-refractivity contribution in [3.05, 3.63) is 77.9 Å². The molecule has 0 spiro atoms. The number of anilines is 3. The van der Waals surface area contributed by atoms with Crippen LogP contribution in [0, 0.1) is 6.92 Å². The largest absolute Gasteiger partial charge is 0.496 e. The number of rotatable bonds is 6. The van der Waals surface area contributed by atoms with Crippen molar-refractivity contribution in [2.75, 3.05) is 28.7 Å². The van der Waals surface area contributed by atoms with Gasteiger partial charge < -0.3 is 19.3 Å². The lowest BCUT2D eigenvalue weighted by Gasteiger charge is -2.40. The zero-order chi connectivity index (χ0) is 22.0. The number of hydrogen-bond acceptors (Lipinski definition) is 5. The Balaban J connectivity index is 1.64. The SMILES string of the molecule is COc1ccccc1CN1c2cc(NSc3ccc(C)cc3)ccc2N(C)C(=O)C1C. The first-order valence-electron chi connectivity index (χ1n) is 10.3. The fraction of sp³-hybridized carbons (Fsp3) is 0.240. The number of aryl methyl sites for hydroxylation is 1. The predicted molar refractivity (Wildman–Crippen MR) is 129 cm³/mol. The molecule has 1 N–H and O–H groups in total. The number of benzene rings is 3. The Kier molecular flexibility index (Phi) is 6.09. The van der Waals surface area contributed by atoms with Gasteiger partial charge in [0.2, 0.25) is 5.91 Å². The van der Waals surface area contributed by atoms with Gasteiger partial charge in [-0.15, -0.1) is 0 Å². The number of amides is 1. The Labute approximate surface area is 188 Å². The molecule has 3 aromatic rings. The second kappa shape index (κ2) is 8.94. The van der Waals surface area contributed by atoms with E-state index in [1.165, 1.54) is 5.56 Å². The first-order valence-corrected chi connectivity index (χ1v) is 11.1. The van der Waals surface area contributed by atoms with Crippen LogP contribution in [0.3, 0.4) is 0 Å². The van der Waals surface area contributed by atoms with E-state index >= 15 is 0 Å². The number of nitrogens with zero attached hydrogens (tertiary/aromatic N) is 2. The molecule has 1 heterocycles. The van der Waals surface area contributed by atoms with Crippen LogP contribution in [0.15, 0.2) is 71.6 Å². The molecule has 4 rings (SSSR count). The third-order valence-electron chi connectivity index (χ3n) is 5.64. The van der Waals surface area contributed by atoms with Crippen molar-refractivity contribution in [2.45, 2.75) is 31.3 Å². The van der Waals surface area contributed by atoms with Gasteiger partial charge in [-0.1, -0.05) is 35.9 Å². The summed E-state index contributed by atoms with van der Waals surface area (Å²) in [4.78, 5) is 17.9. The second-order valence-electron chi connectivity index (χ2n) is 7.73. The molecule has 3 aromatic carbocycles. The van der Waals surface area contributed by atoms with Gasteiger partial charge in [-0.2, -0.15) is 0 Å². The summed E-state index contributed by atoms with van der Waals surface area (Å²) in [7, 11) is 3.52. The van der Waals surface area contributed by atoms with E-state index in [1.807, 2.05) is 50.4 Å². The minimum atomic E-state index is -0.276. The molecule has 1 aliphatic rings. The number of methoxy groups -OCH3 is 1. The summed E-state index contributed by atoms with van der Waals surface area (Å²) in [5, 5.41) is 0. The van der Waals surface area contributed by atoms with Crippen LogP contribution in [-0.4, -0.2) is 26.1 Å². The van der Waals surface area contributed by atoms with E-state index in [-0.39, 0.29) is 11.9 Å². The predicted octanol–water partition coefficient (Wildman–Crippen LogP) is 5.49. The van der Waals surface area contributed by atoms with E-state index in [0.717, 1.165) is 33.3 Å². The zero-order valence-electron chi connectivity index (χ0n) is 18.3. The van der Waals surface area contributed by atoms with Gasteiger partial charge in [0.25, 0.3) is 0 Å². The minimum absolute atomic E-state index is 0.0807. The summed E-state index contributed by atoms with van der Waals surface area (Å²) >= 11 is 1.58. The van der Waals surface area contributed by atoms with Gasteiger partial charge in [-0.25, -0.2) is 0 Å². The molecule has 1 aliphatic heterocycles. The van der Waals surface area contributed by atoms with Gasteiger partial charge in [-0.05, 0) is 62.2 Å². The molecule has 0 saturated heterocycles. The fourth-order valence-electron chi connectivity index (χ4n) is 3.80. The third-order valence-corrected chi connectivity index (χ3v) is 6.49. The summed E-state index contributed by atoms with van der Waals surface area (Å²) in [6.07, 6.45) is 0. The minimum Gasteiger partial charge on any atom is -0.496 e. The van der Waals surface area contributed by atoms with E-state index in [1.54, 1.807) is 24.0 Å². The van der Waals surface area contributed by atoms with Crippen molar-refractivity contribution in [3.63, 3.8) is 0 Å². The highest BCUT2D eigenvalue weighted by atomic mass is 32.2. The molecule has 0 fully saturated rings. The Morgan fingerprint density at radius 2 is 1.77 bits per heavy atom. The number of para-hydroxylation sites is 1. The molecule has 31 heavy (non-hydrogen) atoms. The summed E-state index contributed by atoms with van der Waals surface area (Å²) < 4.78 is 8.98. The summed E-state index contributed by atoms with van der Waals surface area (Å²) in [5.74, 6) is 0.906. The first-order chi connectivity index (χ1) is 15.0. The van der Waals surface area contributed by atoms with Crippen molar-refractivity contribution in [1.29, 1.82) is 0 Å². The lowest BCUT2D eigenvalue weighted by Crippen LogP contribution is -2.50. The molecule has 5 nitrogen and oxygen atoms in total. The maximum absolute atomic E-state index is 12.9. The first kappa shape index (κ1) is 21.1. The van der Waals surface area contributed by atoms with Crippen molar-refractivity contribution in [2.24, 2.45) is 0 Å². The smallest absolute Gasteiger partial charge is 0.249 e. The average molecular weight is 434 g/mol. The van der Waals surface area contributed by atoms with Crippen LogP contribution in [0.2, 0.25) is 0 Å². The van der Waals surface area contributed by atoms with Crippen LogP contribution in [0.4, 0.5) is 17.1 Å². The summed E-state index contributed by atoms with van der Waals surface area (Å²) in [6, 6.07) is 22.2. The van der Waals surface area contributed by atoms with Crippen LogP contribution < -0.4 is 19.3 Å². The Bertz CT molecular complexity index is 1080. The van der Waals surface area contributed by atoms with E-state index in [2.05, 4.69) is 46.9 Å². The molecule has 0 radical (unpaired) electrons. The topological polar surface area (TPSA) is 44.8 Å². The number of likely N-dealkylation sites (N-methyl/N-ethyl adjacent to an activating group) is 1. The lowest BCUT2D eigenvalue weighted by atomic mass is 10.0. The van der Waals surface area contributed by atoms with Gasteiger partial charge in [-0.3, -0.25) is 4.79 Å². The van der Waals surface area contributed by atoms with Crippen LogP contribution in [0.1, 0.15) is 18.1 Å². The highest BCUT2D eigenvalue weighted by Gasteiger charge is 2.34. The van der Waals surface area contributed by atoms with Crippen molar-refractivity contribution in [1.82, 2.24) is 0 Å². The molecule has 6 heteroatoms. The average Bonchev–Trinajstić information content (AvgIpc) is 2.80. The third kappa shape index (κ3) is 4.35. The molecule has 0 aliphatic carbocycles. The van der Waals surface area contributed by atoms with Crippen molar-refractivity contribution >= 4 is 34.9 Å². The Morgan fingerprint density at radius 3 is 2.52 bits per heavy atom. The quantitative estimate of drug-likeness (QED) is 0.521. The number of carbonyl (C=O) groups excluding carboxylic acids is 1. The van der Waals surface area contributed by atoms with Crippen molar-refractivity contribution in [3.8, 4) is 5.75 Å². The van der Waals surface area contributed by atoms with Gasteiger partial charge in [0.15, 0.2) is 0 Å². The molecule has 0 aromatic heterocycles.